The normalized spacial score (nSPS) is 29.4. The van der Waals surface area contributed by atoms with Crippen molar-refractivity contribution in [2.45, 2.75) is 51.5 Å². The molecule has 2 aliphatic rings. The van der Waals surface area contributed by atoms with Crippen LogP contribution in [-0.4, -0.2) is 38.3 Å². The molecule has 1 aliphatic carbocycles. The van der Waals surface area contributed by atoms with Gasteiger partial charge >= 0.3 is 0 Å². The molecule has 2 rings (SSSR count). The largest absolute Gasteiger partial charge is 0.381 e. The Labute approximate surface area is 116 Å². The average molecular weight is 268 g/mol. The van der Waals surface area contributed by atoms with E-state index in [1.807, 2.05) is 0 Å². The summed E-state index contributed by atoms with van der Waals surface area (Å²) >= 11 is 0. The summed E-state index contributed by atoms with van der Waals surface area (Å²) in [5, 5.41) is 6.43. The summed E-state index contributed by atoms with van der Waals surface area (Å²) in [4.78, 5) is 12.1. The monoisotopic (exact) mass is 268 g/mol. The standard InChI is InChI=1S/C15H28N2O2/c1-2-3-9-19-10-5-8-16-15(18)14-13-7-4-6-12(13)11-17-14/h12-14,17H,2-11H2,1H3,(H,16,18). The van der Waals surface area contributed by atoms with E-state index in [2.05, 4.69) is 17.6 Å². The zero-order valence-corrected chi connectivity index (χ0v) is 12.1. The first-order valence-corrected chi connectivity index (χ1v) is 7.91. The molecular formula is C15H28N2O2. The minimum atomic E-state index is 0.0634. The molecule has 0 aromatic carbocycles. The first-order valence-electron chi connectivity index (χ1n) is 7.91. The van der Waals surface area contributed by atoms with Crippen LogP contribution in [0.4, 0.5) is 0 Å². The molecule has 4 nitrogen and oxygen atoms in total. The Morgan fingerprint density at radius 3 is 3.00 bits per heavy atom. The molecule has 19 heavy (non-hydrogen) atoms. The predicted octanol–water partition coefficient (Wildman–Crippen LogP) is 1.70. The van der Waals surface area contributed by atoms with E-state index >= 15 is 0 Å². The molecule has 3 unspecified atom stereocenters. The number of carbonyl (C=O) groups excluding carboxylic acids is 1. The summed E-state index contributed by atoms with van der Waals surface area (Å²) in [6.45, 7) is 5.53. The number of fused-ring (bicyclic) bond motifs is 1. The molecule has 1 saturated heterocycles. The second-order valence-corrected chi connectivity index (χ2v) is 5.85. The Morgan fingerprint density at radius 1 is 1.32 bits per heavy atom. The van der Waals surface area contributed by atoms with Crippen molar-refractivity contribution in [2.24, 2.45) is 11.8 Å². The van der Waals surface area contributed by atoms with Crippen molar-refractivity contribution < 1.29 is 9.53 Å². The maximum absolute atomic E-state index is 12.1. The van der Waals surface area contributed by atoms with Gasteiger partial charge in [-0.05, 0) is 44.1 Å². The van der Waals surface area contributed by atoms with Crippen molar-refractivity contribution in [1.29, 1.82) is 0 Å². The number of unbranched alkanes of at least 4 members (excludes halogenated alkanes) is 1. The smallest absolute Gasteiger partial charge is 0.237 e. The van der Waals surface area contributed by atoms with Gasteiger partial charge in [0.2, 0.25) is 5.91 Å². The van der Waals surface area contributed by atoms with Crippen LogP contribution >= 0.6 is 0 Å². The Balaban J connectivity index is 1.55. The van der Waals surface area contributed by atoms with E-state index in [-0.39, 0.29) is 11.9 Å². The third-order valence-electron chi connectivity index (χ3n) is 4.44. The first-order chi connectivity index (χ1) is 9.33. The number of amides is 1. The van der Waals surface area contributed by atoms with Crippen LogP contribution < -0.4 is 10.6 Å². The molecule has 110 valence electrons. The second kappa shape index (κ2) is 7.85. The quantitative estimate of drug-likeness (QED) is 0.659. The molecule has 0 radical (unpaired) electrons. The maximum Gasteiger partial charge on any atom is 0.237 e. The van der Waals surface area contributed by atoms with Gasteiger partial charge in [0.15, 0.2) is 0 Å². The molecular weight excluding hydrogens is 240 g/mol. The molecule has 0 spiro atoms. The van der Waals surface area contributed by atoms with Crippen LogP contribution in [0.2, 0.25) is 0 Å². The highest BCUT2D eigenvalue weighted by atomic mass is 16.5. The van der Waals surface area contributed by atoms with E-state index in [0.29, 0.717) is 5.92 Å². The van der Waals surface area contributed by atoms with Crippen molar-refractivity contribution in [3.8, 4) is 0 Å². The van der Waals surface area contributed by atoms with Gasteiger partial charge in [0, 0.05) is 19.8 Å². The van der Waals surface area contributed by atoms with Crippen molar-refractivity contribution in [1.82, 2.24) is 10.6 Å². The van der Waals surface area contributed by atoms with E-state index in [1.54, 1.807) is 0 Å². The number of hydrogen-bond donors (Lipinski definition) is 2. The highest BCUT2D eigenvalue weighted by Crippen LogP contribution is 2.37. The lowest BCUT2D eigenvalue weighted by Crippen LogP contribution is -2.44. The topological polar surface area (TPSA) is 50.4 Å². The Kier molecular flexibility index (Phi) is 6.11. The molecule has 1 heterocycles. The summed E-state index contributed by atoms with van der Waals surface area (Å²) in [6, 6.07) is 0.0634. The molecule has 0 aromatic heterocycles. The predicted molar refractivity (Wildman–Crippen MR) is 76.0 cm³/mol. The SMILES string of the molecule is CCCCOCCCNC(=O)C1NCC2CCCC21. The van der Waals surface area contributed by atoms with Gasteiger partial charge in [-0.25, -0.2) is 0 Å². The van der Waals surface area contributed by atoms with Crippen molar-refractivity contribution >= 4 is 5.91 Å². The van der Waals surface area contributed by atoms with Crippen molar-refractivity contribution in [3.05, 3.63) is 0 Å². The van der Waals surface area contributed by atoms with Crippen LogP contribution in [0.1, 0.15) is 45.4 Å². The highest BCUT2D eigenvalue weighted by Gasteiger charge is 2.42. The molecule has 0 bridgehead atoms. The molecule has 2 fully saturated rings. The highest BCUT2D eigenvalue weighted by molar-refractivity contribution is 5.82. The van der Waals surface area contributed by atoms with Gasteiger partial charge in [0.05, 0.1) is 6.04 Å². The van der Waals surface area contributed by atoms with Gasteiger partial charge in [0.1, 0.15) is 0 Å². The Hall–Kier alpha value is -0.610. The molecule has 0 aromatic rings. The van der Waals surface area contributed by atoms with Gasteiger partial charge in [-0.1, -0.05) is 19.8 Å². The van der Waals surface area contributed by atoms with Gasteiger partial charge in [-0.15, -0.1) is 0 Å². The number of hydrogen-bond acceptors (Lipinski definition) is 3. The van der Waals surface area contributed by atoms with Crippen LogP contribution in [0.3, 0.4) is 0 Å². The van der Waals surface area contributed by atoms with E-state index in [9.17, 15) is 4.79 Å². The zero-order valence-electron chi connectivity index (χ0n) is 12.1. The zero-order chi connectivity index (χ0) is 13.5. The second-order valence-electron chi connectivity index (χ2n) is 5.85. The van der Waals surface area contributed by atoms with Crippen LogP contribution in [0.15, 0.2) is 0 Å². The Morgan fingerprint density at radius 2 is 2.16 bits per heavy atom. The van der Waals surface area contributed by atoms with E-state index < -0.39 is 0 Å². The summed E-state index contributed by atoms with van der Waals surface area (Å²) in [5.74, 6) is 1.52. The minimum Gasteiger partial charge on any atom is -0.381 e. The lowest BCUT2D eigenvalue weighted by molar-refractivity contribution is -0.123. The van der Waals surface area contributed by atoms with E-state index in [0.717, 1.165) is 45.1 Å². The molecule has 1 saturated carbocycles. The summed E-state index contributed by atoms with van der Waals surface area (Å²) in [5.41, 5.74) is 0. The fraction of sp³-hybridized carbons (Fsp3) is 0.933. The summed E-state index contributed by atoms with van der Waals surface area (Å²) in [7, 11) is 0. The van der Waals surface area contributed by atoms with E-state index in [4.69, 9.17) is 4.74 Å². The molecule has 1 aliphatic heterocycles. The third-order valence-corrected chi connectivity index (χ3v) is 4.44. The van der Waals surface area contributed by atoms with Crippen molar-refractivity contribution in [2.75, 3.05) is 26.3 Å². The lowest BCUT2D eigenvalue weighted by atomic mass is 9.93. The van der Waals surface area contributed by atoms with Crippen molar-refractivity contribution in [3.63, 3.8) is 0 Å². The van der Waals surface area contributed by atoms with Gasteiger partial charge < -0.3 is 15.4 Å². The van der Waals surface area contributed by atoms with Crippen LogP contribution in [0.5, 0.6) is 0 Å². The maximum atomic E-state index is 12.1. The number of nitrogens with one attached hydrogen (secondary N) is 2. The minimum absolute atomic E-state index is 0.0634. The van der Waals surface area contributed by atoms with Crippen LogP contribution in [0.25, 0.3) is 0 Å². The number of carbonyl (C=O) groups is 1. The van der Waals surface area contributed by atoms with Gasteiger partial charge in [0.25, 0.3) is 0 Å². The van der Waals surface area contributed by atoms with Gasteiger partial charge in [-0.2, -0.15) is 0 Å². The number of rotatable bonds is 8. The third kappa shape index (κ3) is 4.18. The molecule has 3 atom stereocenters. The summed E-state index contributed by atoms with van der Waals surface area (Å²) < 4.78 is 5.48. The first kappa shape index (κ1) is 14.8. The van der Waals surface area contributed by atoms with Crippen LogP contribution in [0, 0.1) is 11.8 Å². The lowest BCUT2D eigenvalue weighted by Gasteiger charge is -2.17. The fourth-order valence-corrected chi connectivity index (χ4v) is 3.32. The van der Waals surface area contributed by atoms with Gasteiger partial charge in [-0.3, -0.25) is 4.79 Å². The molecule has 4 heteroatoms. The summed E-state index contributed by atoms with van der Waals surface area (Å²) in [6.07, 6.45) is 7.03. The van der Waals surface area contributed by atoms with Crippen LogP contribution in [-0.2, 0) is 9.53 Å². The number of ether oxygens (including phenoxy) is 1. The Bertz CT molecular complexity index is 283. The molecule has 2 N–H and O–H groups in total. The fourth-order valence-electron chi connectivity index (χ4n) is 3.32. The average Bonchev–Trinajstić information content (AvgIpc) is 2.99. The van der Waals surface area contributed by atoms with E-state index in [1.165, 1.54) is 25.7 Å². The molecule has 1 amide bonds.